The van der Waals surface area contributed by atoms with Crippen LogP contribution in [0.25, 0.3) is 0 Å². The summed E-state index contributed by atoms with van der Waals surface area (Å²) in [6.07, 6.45) is -0.628. The van der Waals surface area contributed by atoms with E-state index in [-0.39, 0.29) is 6.10 Å². The van der Waals surface area contributed by atoms with Gasteiger partial charge in [-0.1, -0.05) is 12.1 Å². The molecule has 0 aromatic heterocycles. The highest BCUT2D eigenvalue weighted by molar-refractivity contribution is 5.49. The largest absolute Gasteiger partial charge is 0.497 e. The van der Waals surface area contributed by atoms with Crippen molar-refractivity contribution in [1.29, 1.82) is 0 Å². The van der Waals surface area contributed by atoms with Crippen LogP contribution in [0.15, 0.2) is 48.5 Å². The summed E-state index contributed by atoms with van der Waals surface area (Å²) < 4.78 is 22.5. The zero-order valence-electron chi connectivity index (χ0n) is 17.5. The molecule has 0 bridgehead atoms. The molecule has 0 unspecified atom stereocenters. The van der Waals surface area contributed by atoms with Crippen LogP contribution in [0.2, 0.25) is 0 Å². The molecule has 1 fully saturated rings. The maximum Gasteiger partial charge on any atom is 0.161 e. The second kappa shape index (κ2) is 10.0. The first-order valence-corrected chi connectivity index (χ1v) is 10.6. The van der Waals surface area contributed by atoms with E-state index in [9.17, 15) is 5.11 Å². The van der Waals surface area contributed by atoms with Crippen molar-refractivity contribution in [2.75, 3.05) is 64.6 Å². The highest BCUT2D eigenvalue weighted by atomic mass is 16.6. The van der Waals surface area contributed by atoms with Gasteiger partial charge in [0.25, 0.3) is 0 Å². The predicted molar refractivity (Wildman–Crippen MR) is 114 cm³/mol. The lowest BCUT2D eigenvalue weighted by Crippen LogP contribution is -3.16. The molecular formula is C23H31N2O5+. The third-order valence-corrected chi connectivity index (χ3v) is 5.61. The number of nitrogens with zero attached hydrogens (tertiary/aromatic N) is 1. The lowest BCUT2D eigenvalue weighted by Gasteiger charge is -2.34. The average molecular weight is 416 g/mol. The first-order valence-electron chi connectivity index (χ1n) is 10.6. The zero-order chi connectivity index (χ0) is 20.8. The predicted octanol–water partition coefficient (Wildman–Crippen LogP) is 0.618. The number of nitrogens with one attached hydrogen (secondary N) is 1. The van der Waals surface area contributed by atoms with Gasteiger partial charge in [0.15, 0.2) is 17.6 Å². The molecule has 30 heavy (non-hydrogen) atoms. The summed E-state index contributed by atoms with van der Waals surface area (Å²) in [5, 5.41) is 10.4. The summed E-state index contributed by atoms with van der Waals surface area (Å²) in [7, 11) is 1.68. The van der Waals surface area contributed by atoms with Crippen LogP contribution in [0.4, 0.5) is 5.69 Å². The Morgan fingerprint density at radius 2 is 1.83 bits per heavy atom. The Morgan fingerprint density at radius 3 is 2.57 bits per heavy atom. The molecule has 4 rings (SSSR count). The Balaban J connectivity index is 1.14. The molecule has 0 aliphatic carbocycles. The fourth-order valence-electron chi connectivity index (χ4n) is 3.95. The molecule has 0 saturated carbocycles. The lowest BCUT2D eigenvalue weighted by atomic mass is 10.2. The molecule has 2 aliphatic rings. The van der Waals surface area contributed by atoms with Crippen LogP contribution < -0.4 is 24.0 Å². The number of fused-ring (bicyclic) bond motifs is 1. The number of methoxy groups -OCH3 is 1. The van der Waals surface area contributed by atoms with Crippen LogP contribution in [-0.4, -0.2) is 77.0 Å². The van der Waals surface area contributed by atoms with Gasteiger partial charge in [-0.05, 0) is 36.4 Å². The number of rotatable bonds is 8. The molecule has 0 amide bonds. The molecule has 2 atom stereocenters. The Bertz CT molecular complexity index is 792. The van der Waals surface area contributed by atoms with Crippen LogP contribution in [0.3, 0.4) is 0 Å². The van der Waals surface area contributed by atoms with Crippen molar-refractivity contribution in [3.63, 3.8) is 0 Å². The van der Waals surface area contributed by atoms with E-state index in [0.717, 1.165) is 43.4 Å². The van der Waals surface area contributed by atoms with Gasteiger partial charge in [-0.25, -0.2) is 0 Å². The fourth-order valence-corrected chi connectivity index (χ4v) is 3.95. The van der Waals surface area contributed by atoms with E-state index in [1.54, 1.807) is 7.11 Å². The van der Waals surface area contributed by atoms with Gasteiger partial charge >= 0.3 is 0 Å². The number of hydrogen-bond donors (Lipinski definition) is 2. The normalized spacial score (nSPS) is 20.1. The lowest BCUT2D eigenvalue weighted by molar-refractivity contribution is -0.903. The molecule has 7 nitrogen and oxygen atoms in total. The zero-order valence-corrected chi connectivity index (χ0v) is 17.5. The minimum Gasteiger partial charge on any atom is -0.497 e. The van der Waals surface area contributed by atoms with E-state index in [2.05, 4.69) is 17.0 Å². The monoisotopic (exact) mass is 415 g/mol. The molecular weight excluding hydrogens is 384 g/mol. The van der Waals surface area contributed by atoms with Crippen molar-refractivity contribution in [2.45, 2.75) is 12.2 Å². The van der Waals surface area contributed by atoms with Gasteiger partial charge in [0, 0.05) is 5.69 Å². The van der Waals surface area contributed by atoms with Crippen molar-refractivity contribution in [3.8, 4) is 17.2 Å². The highest BCUT2D eigenvalue weighted by Gasteiger charge is 2.24. The Hall–Kier alpha value is -2.48. The smallest absolute Gasteiger partial charge is 0.161 e. The molecule has 2 aromatic carbocycles. The summed E-state index contributed by atoms with van der Waals surface area (Å²) in [5.74, 6) is 2.39. The van der Waals surface area contributed by atoms with Crippen LogP contribution in [0, 0.1) is 0 Å². The summed E-state index contributed by atoms with van der Waals surface area (Å²) in [6.45, 7) is 5.83. The van der Waals surface area contributed by atoms with Crippen LogP contribution in [-0.2, 0) is 4.74 Å². The quantitative estimate of drug-likeness (QED) is 0.659. The maximum atomic E-state index is 10.4. The van der Waals surface area contributed by atoms with Crippen molar-refractivity contribution in [1.82, 2.24) is 0 Å². The number of benzene rings is 2. The third kappa shape index (κ3) is 5.36. The second-order valence-electron chi connectivity index (χ2n) is 7.83. The van der Waals surface area contributed by atoms with E-state index in [0.29, 0.717) is 26.4 Å². The maximum absolute atomic E-state index is 10.4. The molecule has 0 radical (unpaired) electrons. The van der Waals surface area contributed by atoms with Crippen molar-refractivity contribution < 1.29 is 29.0 Å². The fraction of sp³-hybridized carbons (Fsp3) is 0.478. The van der Waals surface area contributed by atoms with E-state index in [1.807, 2.05) is 36.4 Å². The van der Waals surface area contributed by atoms with E-state index < -0.39 is 6.10 Å². The van der Waals surface area contributed by atoms with E-state index in [1.165, 1.54) is 10.6 Å². The summed E-state index contributed by atoms with van der Waals surface area (Å²) in [5.41, 5.74) is 1.22. The molecule has 162 valence electrons. The van der Waals surface area contributed by atoms with Crippen LogP contribution in [0.1, 0.15) is 0 Å². The van der Waals surface area contributed by atoms with Gasteiger partial charge in [0.1, 0.15) is 25.0 Å². The number of anilines is 1. The van der Waals surface area contributed by atoms with Gasteiger partial charge in [-0.15, -0.1) is 0 Å². The molecule has 2 aliphatic heterocycles. The first kappa shape index (κ1) is 20.8. The standard InChI is InChI=1S/C23H30N2O5/c1-27-20-8-6-18(7-9-20)25-12-10-24(11-13-25)14-19(26)15-28-16-21-17-29-22-4-2-3-5-23(22)30-21/h2-9,19,21,26H,10-17H2,1H3/p+1/t19-,21-/m1/s1. The number of aliphatic hydroxyl groups excluding tert-OH is 1. The second-order valence-corrected chi connectivity index (χ2v) is 7.83. The summed E-state index contributed by atoms with van der Waals surface area (Å²) >= 11 is 0. The number of aliphatic hydroxyl groups is 1. The van der Waals surface area contributed by atoms with Crippen molar-refractivity contribution >= 4 is 5.69 Å². The summed E-state index contributed by atoms with van der Waals surface area (Å²) in [4.78, 5) is 3.78. The molecule has 0 spiro atoms. The van der Waals surface area contributed by atoms with Crippen molar-refractivity contribution in [3.05, 3.63) is 48.5 Å². The average Bonchev–Trinajstić information content (AvgIpc) is 2.79. The number of para-hydroxylation sites is 2. The van der Waals surface area contributed by atoms with E-state index >= 15 is 0 Å². The van der Waals surface area contributed by atoms with E-state index in [4.69, 9.17) is 18.9 Å². The van der Waals surface area contributed by atoms with Gasteiger partial charge in [0.2, 0.25) is 0 Å². The molecule has 2 N–H and O–H groups in total. The minimum atomic E-state index is -0.482. The molecule has 1 saturated heterocycles. The first-order chi connectivity index (χ1) is 14.7. The topological polar surface area (TPSA) is 64.8 Å². The Morgan fingerprint density at radius 1 is 1.10 bits per heavy atom. The van der Waals surface area contributed by atoms with Crippen LogP contribution in [0.5, 0.6) is 17.2 Å². The molecule has 2 heterocycles. The molecule has 2 aromatic rings. The SMILES string of the molecule is COc1ccc(N2CC[NH+](C[C@@H](O)COC[C@@H]3COc4ccccc4O3)CC2)cc1. The number of quaternary nitrogens is 1. The third-order valence-electron chi connectivity index (χ3n) is 5.61. The van der Waals surface area contributed by atoms with Crippen molar-refractivity contribution in [2.24, 2.45) is 0 Å². The van der Waals surface area contributed by atoms with Gasteiger partial charge < -0.3 is 33.9 Å². The number of piperazine rings is 1. The van der Waals surface area contributed by atoms with Gasteiger partial charge in [-0.2, -0.15) is 0 Å². The number of hydrogen-bond acceptors (Lipinski definition) is 6. The van der Waals surface area contributed by atoms with Gasteiger partial charge in [0.05, 0.1) is 46.5 Å². The Labute approximate surface area is 177 Å². The number of ether oxygens (including phenoxy) is 4. The van der Waals surface area contributed by atoms with Crippen LogP contribution >= 0.6 is 0 Å². The van der Waals surface area contributed by atoms with Gasteiger partial charge in [-0.3, -0.25) is 0 Å². The highest BCUT2D eigenvalue weighted by Crippen LogP contribution is 2.30. The molecule has 7 heteroatoms. The Kier molecular flexibility index (Phi) is 6.94. The summed E-state index contributed by atoms with van der Waals surface area (Å²) in [6, 6.07) is 15.8. The minimum absolute atomic E-state index is 0.146.